The second-order valence-corrected chi connectivity index (χ2v) is 3.65. The first-order chi connectivity index (χ1) is 7.13. The number of benzene rings is 1. The first-order valence-electron chi connectivity index (χ1n) is 4.67. The van der Waals surface area contributed by atoms with Crippen LogP contribution in [-0.2, 0) is 0 Å². The van der Waals surface area contributed by atoms with Crippen molar-refractivity contribution in [1.29, 1.82) is 5.41 Å². The third-order valence-electron chi connectivity index (χ3n) is 2.02. The minimum atomic E-state index is 0. The summed E-state index contributed by atoms with van der Waals surface area (Å²) in [6.07, 6.45) is 0. The van der Waals surface area contributed by atoms with E-state index in [4.69, 9.17) is 22.7 Å². The first kappa shape index (κ1) is 15.1. The number of halogens is 2. The van der Waals surface area contributed by atoms with E-state index in [0.717, 1.165) is 11.3 Å². The van der Waals surface area contributed by atoms with Gasteiger partial charge in [-0.05, 0) is 24.6 Å². The Kier molecular flexibility index (Phi) is 6.97. The summed E-state index contributed by atoms with van der Waals surface area (Å²) in [5.74, 6) is 0. The summed E-state index contributed by atoms with van der Waals surface area (Å²) in [6, 6.07) is 7.47. The van der Waals surface area contributed by atoms with Gasteiger partial charge in [-0.1, -0.05) is 23.7 Å². The normalized spacial score (nSPS) is 10.8. The van der Waals surface area contributed by atoms with Gasteiger partial charge in [0, 0.05) is 23.0 Å². The van der Waals surface area contributed by atoms with E-state index in [1.165, 1.54) is 0 Å². The molecule has 0 saturated heterocycles. The van der Waals surface area contributed by atoms with Gasteiger partial charge < -0.3 is 11.1 Å². The minimum Gasteiger partial charge on any atom is -0.325 e. The molecule has 0 atom stereocenters. The molecule has 0 aliphatic heterocycles. The highest BCUT2D eigenvalue weighted by Crippen LogP contribution is 2.10. The molecule has 0 aliphatic rings. The number of nitrogens with zero attached hydrogens (tertiary/aromatic N) is 1. The topological polar surface area (TPSA) is 62.2 Å². The molecule has 3 nitrogen and oxygen atoms in total. The van der Waals surface area contributed by atoms with E-state index < -0.39 is 0 Å². The predicted octanol–water partition coefficient (Wildman–Crippen LogP) is 2.55. The van der Waals surface area contributed by atoms with Crippen LogP contribution in [0, 0.1) is 5.41 Å². The fourth-order valence-electron chi connectivity index (χ4n) is 1.06. The maximum atomic E-state index is 7.37. The predicted molar refractivity (Wildman–Crippen MR) is 72.6 cm³/mol. The maximum absolute atomic E-state index is 7.37. The van der Waals surface area contributed by atoms with E-state index in [1.54, 1.807) is 0 Å². The van der Waals surface area contributed by atoms with E-state index >= 15 is 0 Å². The summed E-state index contributed by atoms with van der Waals surface area (Å²) in [4.78, 5) is 4.26. The zero-order chi connectivity index (χ0) is 11.3. The highest BCUT2D eigenvalue weighted by molar-refractivity contribution is 6.30. The molecule has 0 aromatic heterocycles. The average Bonchev–Trinajstić information content (AvgIpc) is 2.26. The van der Waals surface area contributed by atoms with Gasteiger partial charge >= 0.3 is 0 Å². The molecule has 1 rings (SSSR count). The van der Waals surface area contributed by atoms with Crippen molar-refractivity contribution in [3.8, 4) is 0 Å². The average molecular weight is 260 g/mol. The zero-order valence-electron chi connectivity index (χ0n) is 9.03. The molecule has 5 heteroatoms. The number of aliphatic imine (C=N–C) groups is 1. The second kappa shape index (κ2) is 7.39. The quantitative estimate of drug-likeness (QED) is 0.803. The Labute approximate surface area is 107 Å². The molecule has 0 radical (unpaired) electrons. The lowest BCUT2D eigenvalue weighted by molar-refractivity contribution is 1.16. The molecule has 0 unspecified atom stereocenters. The van der Waals surface area contributed by atoms with Crippen LogP contribution >= 0.6 is 24.0 Å². The van der Waals surface area contributed by atoms with Gasteiger partial charge in [0.05, 0.1) is 6.54 Å². The van der Waals surface area contributed by atoms with Crippen LogP contribution in [0.25, 0.3) is 0 Å². The van der Waals surface area contributed by atoms with Crippen LogP contribution in [0.15, 0.2) is 29.3 Å². The highest BCUT2D eigenvalue weighted by Gasteiger charge is 1.97. The van der Waals surface area contributed by atoms with Crippen molar-refractivity contribution in [1.82, 2.24) is 0 Å². The fraction of sp³-hybridized carbons (Fsp3) is 0.273. The van der Waals surface area contributed by atoms with Crippen LogP contribution in [0.4, 0.5) is 0 Å². The standard InChI is InChI=1S/C11H14ClN3.ClH/c1-8(15-7-11(14)6-13)9-2-4-10(12)5-3-9;/h2-5,14H,6-7,13H2,1H3;1H. The van der Waals surface area contributed by atoms with Gasteiger partial charge in [0.15, 0.2) is 0 Å². The van der Waals surface area contributed by atoms with Crippen LogP contribution in [-0.4, -0.2) is 24.5 Å². The molecule has 88 valence electrons. The van der Waals surface area contributed by atoms with E-state index in [0.29, 0.717) is 17.3 Å². The van der Waals surface area contributed by atoms with Crippen LogP contribution in [0.1, 0.15) is 12.5 Å². The smallest absolute Gasteiger partial charge is 0.0781 e. The molecule has 0 saturated carbocycles. The third-order valence-corrected chi connectivity index (χ3v) is 2.27. The van der Waals surface area contributed by atoms with Crippen molar-refractivity contribution >= 4 is 35.4 Å². The molecular formula is C11H15Cl2N3. The number of hydrogen-bond acceptors (Lipinski definition) is 3. The fourth-order valence-corrected chi connectivity index (χ4v) is 1.19. The Bertz CT molecular complexity index is 371. The van der Waals surface area contributed by atoms with Crippen LogP contribution in [0.2, 0.25) is 5.02 Å². The van der Waals surface area contributed by atoms with Gasteiger partial charge in [-0.3, -0.25) is 4.99 Å². The van der Waals surface area contributed by atoms with E-state index in [1.807, 2.05) is 31.2 Å². The zero-order valence-corrected chi connectivity index (χ0v) is 10.6. The van der Waals surface area contributed by atoms with Gasteiger partial charge in [0.1, 0.15) is 0 Å². The van der Waals surface area contributed by atoms with Crippen molar-refractivity contribution < 1.29 is 0 Å². The third kappa shape index (κ3) is 4.75. The lowest BCUT2D eigenvalue weighted by Crippen LogP contribution is -2.16. The van der Waals surface area contributed by atoms with E-state index in [9.17, 15) is 0 Å². The Morgan fingerprint density at radius 2 is 1.94 bits per heavy atom. The van der Waals surface area contributed by atoms with Crippen LogP contribution < -0.4 is 5.73 Å². The Hall–Kier alpha value is -0.900. The van der Waals surface area contributed by atoms with Gasteiger partial charge in [-0.25, -0.2) is 0 Å². The SMILES string of the molecule is CC(=NCC(=N)CN)c1ccc(Cl)cc1.Cl. The Morgan fingerprint density at radius 3 is 2.44 bits per heavy atom. The number of nitrogens with one attached hydrogen (secondary N) is 1. The van der Waals surface area contributed by atoms with Gasteiger partial charge in [0.2, 0.25) is 0 Å². The molecule has 1 aromatic carbocycles. The number of rotatable bonds is 4. The first-order valence-corrected chi connectivity index (χ1v) is 5.04. The summed E-state index contributed by atoms with van der Waals surface area (Å²) < 4.78 is 0. The molecular weight excluding hydrogens is 245 g/mol. The number of nitrogens with two attached hydrogens (primary N) is 1. The summed E-state index contributed by atoms with van der Waals surface area (Å²) in [6.45, 7) is 2.54. The maximum Gasteiger partial charge on any atom is 0.0781 e. The minimum absolute atomic E-state index is 0. The van der Waals surface area contributed by atoms with Crippen molar-refractivity contribution in [2.45, 2.75) is 6.92 Å². The van der Waals surface area contributed by atoms with Gasteiger partial charge in [0.25, 0.3) is 0 Å². The lowest BCUT2D eigenvalue weighted by atomic mass is 10.1. The summed E-state index contributed by atoms with van der Waals surface area (Å²) in [5, 5.41) is 8.08. The molecule has 0 heterocycles. The Balaban J connectivity index is 0.00000225. The summed E-state index contributed by atoms with van der Waals surface area (Å²) >= 11 is 5.78. The second-order valence-electron chi connectivity index (χ2n) is 3.22. The molecule has 1 aromatic rings. The molecule has 3 N–H and O–H groups in total. The largest absolute Gasteiger partial charge is 0.325 e. The Morgan fingerprint density at radius 1 is 1.38 bits per heavy atom. The molecule has 0 aliphatic carbocycles. The monoisotopic (exact) mass is 259 g/mol. The summed E-state index contributed by atoms with van der Waals surface area (Å²) in [5.41, 5.74) is 7.65. The van der Waals surface area contributed by atoms with E-state index in [2.05, 4.69) is 4.99 Å². The number of hydrogen-bond donors (Lipinski definition) is 2. The van der Waals surface area contributed by atoms with Gasteiger partial charge in [-0.15, -0.1) is 12.4 Å². The van der Waals surface area contributed by atoms with Gasteiger partial charge in [-0.2, -0.15) is 0 Å². The molecule has 0 amide bonds. The van der Waals surface area contributed by atoms with Crippen molar-refractivity contribution in [3.05, 3.63) is 34.9 Å². The summed E-state index contributed by atoms with van der Waals surface area (Å²) in [7, 11) is 0. The molecule has 0 spiro atoms. The van der Waals surface area contributed by atoms with E-state index in [-0.39, 0.29) is 19.0 Å². The highest BCUT2D eigenvalue weighted by atomic mass is 35.5. The molecule has 16 heavy (non-hydrogen) atoms. The molecule has 0 bridgehead atoms. The lowest BCUT2D eigenvalue weighted by Gasteiger charge is -2.01. The van der Waals surface area contributed by atoms with Crippen LogP contribution in [0.5, 0.6) is 0 Å². The molecule has 0 fully saturated rings. The van der Waals surface area contributed by atoms with Crippen molar-refractivity contribution in [3.63, 3.8) is 0 Å². The van der Waals surface area contributed by atoms with Crippen molar-refractivity contribution in [2.24, 2.45) is 10.7 Å². The van der Waals surface area contributed by atoms with Crippen molar-refractivity contribution in [2.75, 3.05) is 13.1 Å². The van der Waals surface area contributed by atoms with Crippen LogP contribution in [0.3, 0.4) is 0 Å².